The normalized spacial score (nSPS) is 13.0. The number of rotatable bonds is 7. The Balaban J connectivity index is 1.85. The maximum Gasteiger partial charge on any atom is 0.416 e. The van der Waals surface area contributed by atoms with E-state index in [-0.39, 0.29) is 18.7 Å². The van der Waals surface area contributed by atoms with Gasteiger partial charge in [0.2, 0.25) is 0 Å². The Morgan fingerprint density at radius 3 is 2.65 bits per heavy atom. The number of aliphatic hydroxyl groups is 1. The minimum Gasteiger partial charge on any atom is -0.387 e. The van der Waals surface area contributed by atoms with E-state index in [1.807, 2.05) is 0 Å². The van der Waals surface area contributed by atoms with Crippen LogP contribution in [0.25, 0.3) is 0 Å². The van der Waals surface area contributed by atoms with Crippen LogP contribution in [0.1, 0.15) is 23.7 Å². The van der Waals surface area contributed by atoms with Crippen molar-refractivity contribution >= 4 is 0 Å². The van der Waals surface area contributed by atoms with E-state index in [2.05, 4.69) is 5.32 Å². The molecule has 0 fully saturated rings. The Labute approximate surface area is 147 Å². The van der Waals surface area contributed by atoms with Gasteiger partial charge in [-0.2, -0.15) is 13.2 Å². The van der Waals surface area contributed by atoms with Crippen LogP contribution in [0.3, 0.4) is 0 Å². The molecule has 0 saturated carbocycles. The Kier molecular flexibility index (Phi) is 6.38. The van der Waals surface area contributed by atoms with Crippen LogP contribution in [0, 0.1) is 0 Å². The van der Waals surface area contributed by atoms with E-state index in [1.54, 1.807) is 7.05 Å². The lowest BCUT2D eigenvalue weighted by Crippen LogP contribution is -2.38. The maximum absolute atomic E-state index is 12.7. The Bertz CT molecular complexity index is 859. The van der Waals surface area contributed by atoms with Gasteiger partial charge < -0.3 is 15.0 Å². The van der Waals surface area contributed by atoms with Gasteiger partial charge in [-0.25, -0.2) is 4.79 Å². The number of nitrogens with one attached hydrogen (secondary N) is 1. The largest absolute Gasteiger partial charge is 0.416 e. The zero-order chi connectivity index (χ0) is 19.3. The quantitative estimate of drug-likeness (QED) is 0.719. The van der Waals surface area contributed by atoms with Gasteiger partial charge in [-0.3, -0.25) is 9.36 Å². The fourth-order valence-corrected chi connectivity index (χ4v) is 2.46. The topological polar surface area (TPSA) is 76.3 Å². The van der Waals surface area contributed by atoms with Crippen molar-refractivity contribution in [2.24, 2.45) is 7.05 Å². The van der Waals surface area contributed by atoms with Crippen LogP contribution in [-0.2, 0) is 19.8 Å². The van der Waals surface area contributed by atoms with E-state index < -0.39 is 29.1 Å². The lowest BCUT2D eigenvalue weighted by molar-refractivity contribution is -0.137. The molecule has 0 aliphatic rings. The lowest BCUT2D eigenvalue weighted by Gasteiger charge is -2.14. The van der Waals surface area contributed by atoms with Crippen LogP contribution >= 0.6 is 0 Å². The lowest BCUT2D eigenvalue weighted by atomic mass is 10.1. The first kappa shape index (κ1) is 19.9. The Morgan fingerprint density at radius 1 is 1.23 bits per heavy atom. The first-order valence-corrected chi connectivity index (χ1v) is 8.02. The van der Waals surface area contributed by atoms with Crippen LogP contribution < -0.4 is 16.6 Å². The molecule has 0 aliphatic heterocycles. The van der Waals surface area contributed by atoms with Gasteiger partial charge in [0.25, 0.3) is 5.56 Å². The smallest absolute Gasteiger partial charge is 0.387 e. The summed E-state index contributed by atoms with van der Waals surface area (Å²) in [4.78, 5) is 23.5. The SMILES string of the molecule is Cn1ccc(=O)n(CCCNCC(O)c2cccc(C(F)(F)F)c2)c1=O. The van der Waals surface area contributed by atoms with Gasteiger partial charge in [-0.05, 0) is 30.7 Å². The molecule has 2 N–H and O–H groups in total. The summed E-state index contributed by atoms with van der Waals surface area (Å²) in [6.45, 7) is 0.655. The average Bonchev–Trinajstić information content (AvgIpc) is 2.60. The summed E-state index contributed by atoms with van der Waals surface area (Å²) in [5, 5.41) is 12.9. The zero-order valence-corrected chi connectivity index (χ0v) is 14.2. The minimum absolute atomic E-state index is 0.0585. The summed E-state index contributed by atoms with van der Waals surface area (Å²) >= 11 is 0. The van der Waals surface area contributed by atoms with Gasteiger partial charge in [0.15, 0.2) is 0 Å². The Hall–Kier alpha value is -2.39. The van der Waals surface area contributed by atoms with E-state index in [1.165, 1.54) is 29.0 Å². The highest BCUT2D eigenvalue weighted by Gasteiger charge is 2.30. The summed E-state index contributed by atoms with van der Waals surface area (Å²) in [6.07, 6.45) is -3.71. The van der Waals surface area contributed by atoms with Gasteiger partial charge in [0.1, 0.15) is 0 Å². The highest BCUT2D eigenvalue weighted by Crippen LogP contribution is 2.30. The first-order valence-electron chi connectivity index (χ1n) is 8.02. The number of aromatic nitrogens is 2. The van der Waals surface area contributed by atoms with Crippen LogP contribution in [0.2, 0.25) is 0 Å². The van der Waals surface area contributed by atoms with E-state index in [0.29, 0.717) is 13.0 Å². The molecule has 142 valence electrons. The molecule has 9 heteroatoms. The van der Waals surface area contributed by atoms with Crippen LogP contribution in [0.4, 0.5) is 13.2 Å². The first-order chi connectivity index (χ1) is 12.2. The van der Waals surface area contributed by atoms with Crippen LogP contribution in [-0.4, -0.2) is 27.3 Å². The number of nitrogens with zero attached hydrogens (tertiary/aromatic N) is 2. The van der Waals surface area contributed by atoms with Crippen molar-refractivity contribution in [1.29, 1.82) is 0 Å². The van der Waals surface area contributed by atoms with Crippen molar-refractivity contribution in [3.8, 4) is 0 Å². The molecular formula is C17H20F3N3O3. The number of alkyl halides is 3. The van der Waals surface area contributed by atoms with Crippen molar-refractivity contribution in [2.75, 3.05) is 13.1 Å². The molecule has 2 rings (SSSR count). The second-order valence-corrected chi connectivity index (χ2v) is 5.90. The van der Waals surface area contributed by atoms with E-state index in [9.17, 15) is 27.9 Å². The third-order valence-corrected chi connectivity index (χ3v) is 3.91. The number of aliphatic hydroxyl groups excluding tert-OH is 1. The third kappa shape index (κ3) is 5.06. The molecule has 1 heterocycles. The number of hydrogen-bond donors (Lipinski definition) is 2. The fourth-order valence-electron chi connectivity index (χ4n) is 2.46. The van der Waals surface area contributed by atoms with E-state index >= 15 is 0 Å². The molecule has 6 nitrogen and oxygen atoms in total. The minimum atomic E-state index is -4.46. The maximum atomic E-state index is 12.7. The van der Waals surface area contributed by atoms with Crippen molar-refractivity contribution in [1.82, 2.24) is 14.5 Å². The molecule has 26 heavy (non-hydrogen) atoms. The van der Waals surface area contributed by atoms with Gasteiger partial charge in [-0.1, -0.05) is 12.1 Å². The number of hydrogen-bond acceptors (Lipinski definition) is 4. The predicted molar refractivity (Wildman–Crippen MR) is 89.8 cm³/mol. The molecule has 1 unspecified atom stereocenters. The van der Waals surface area contributed by atoms with Crippen LogP contribution in [0.5, 0.6) is 0 Å². The summed E-state index contributed by atoms with van der Waals surface area (Å²) in [7, 11) is 1.54. The zero-order valence-electron chi connectivity index (χ0n) is 14.2. The summed E-state index contributed by atoms with van der Waals surface area (Å²) in [6, 6.07) is 5.83. The fraction of sp³-hybridized carbons (Fsp3) is 0.412. The van der Waals surface area contributed by atoms with Crippen LogP contribution in [0.15, 0.2) is 46.1 Å². The number of halogens is 3. The summed E-state index contributed by atoms with van der Waals surface area (Å²) in [5.74, 6) is 0. The molecule has 0 amide bonds. The Morgan fingerprint density at radius 2 is 1.96 bits per heavy atom. The molecule has 1 aromatic carbocycles. The van der Waals surface area contributed by atoms with Gasteiger partial charge in [-0.15, -0.1) is 0 Å². The number of aryl methyl sites for hydroxylation is 1. The molecule has 0 saturated heterocycles. The highest BCUT2D eigenvalue weighted by molar-refractivity contribution is 5.27. The average molecular weight is 371 g/mol. The van der Waals surface area contributed by atoms with E-state index in [4.69, 9.17) is 0 Å². The second-order valence-electron chi connectivity index (χ2n) is 5.90. The van der Waals surface area contributed by atoms with Crippen molar-refractivity contribution in [2.45, 2.75) is 25.2 Å². The predicted octanol–water partition coefficient (Wildman–Crippen LogP) is 1.28. The van der Waals surface area contributed by atoms with Crippen molar-refractivity contribution in [3.05, 3.63) is 68.5 Å². The molecule has 1 aromatic heterocycles. The molecule has 0 bridgehead atoms. The van der Waals surface area contributed by atoms with Gasteiger partial charge in [0.05, 0.1) is 11.7 Å². The number of benzene rings is 1. The molecular weight excluding hydrogens is 351 g/mol. The highest BCUT2D eigenvalue weighted by atomic mass is 19.4. The standard InChI is InChI=1S/C17H20F3N3O3/c1-22-9-6-15(25)23(16(22)26)8-3-7-21-11-14(24)12-4-2-5-13(10-12)17(18,19)20/h2,4-6,9-10,14,21,24H,3,7-8,11H2,1H3. The third-order valence-electron chi connectivity index (χ3n) is 3.91. The van der Waals surface area contributed by atoms with Gasteiger partial charge >= 0.3 is 11.9 Å². The second kappa shape index (κ2) is 8.33. The van der Waals surface area contributed by atoms with Gasteiger partial charge in [0, 0.05) is 32.4 Å². The monoisotopic (exact) mass is 371 g/mol. The van der Waals surface area contributed by atoms with Crippen molar-refractivity contribution < 1.29 is 18.3 Å². The van der Waals surface area contributed by atoms with Crippen molar-refractivity contribution in [3.63, 3.8) is 0 Å². The summed E-state index contributed by atoms with van der Waals surface area (Å²) < 4.78 is 40.5. The molecule has 1 atom stereocenters. The molecule has 0 aliphatic carbocycles. The summed E-state index contributed by atoms with van der Waals surface area (Å²) in [5.41, 5.74) is -1.45. The molecule has 0 radical (unpaired) electrons. The molecule has 0 spiro atoms. The van der Waals surface area contributed by atoms with E-state index in [0.717, 1.165) is 16.7 Å². The molecule has 2 aromatic rings.